The van der Waals surface area contributed by atoms with Crippen molar-refractivity contribution in [2.24, 2.45) is 10.9 Å². The van der Waals surface area contributed by atoms with E-state index < -0.39 is 0 Å². The average molecular weight is 415 g/mol. The Morgan fingerprint density at radius 2 is 1.71 bits per heavy atom. The maximum absolute atomic E-state index is 11.9. The maximum atomic E-state index is 11.9. The van der Waals surface area contributed by atoms with Gasteiger partial charge in [-0.1, -0.05) is 60.7 Å². The number of guanidine groups is 1. The first-order chi connectivity index (χ1) is 15.2. The van der Waals surface area contributed by atoms with Gasteiger partial charge < -0.3 is 14.8 Å². The third-order valence-corrected chi connectivity index (χ3v) is 5.89. The molecule has 31 heavy (non-hydrogen) atoms. The molecule has 1 N–H and O–H groups in total. The summed E-state index contributed by atoms with van der Waals surface area (Å²) in [6.45, 7) is 3.41. The SMILES string of the molecule is CN=C(NCc1ccc(Cn2ccccc2=O)cc1)N1CCC(Cc2ccccc2)C1. The Balaban J connectivity index is 1.29. The van der Waals surface area contributed by atoms with E-state index in [0.717, 1.165) is 37.6 Å². The molecular formula is C26H30N4O. The number of likely N-dealkylation sites (tertiary alicyclic amines) is 1. The molecule has 160 valence electrons. The lowest BCUT2D eigenvalue weighted by Gasteiger charge is -2.22. The number of aliphatic imine (C=N–C) groups is 1. The molecule has 0 aliphatic carbocycles. The summed E-state index contributed by atoms with van der Waals surface area (Å²) in [7, 11) is 1.85. The molecule has 0 saturated carbocycles. The molecular weight excluding hydrogens is 384 g/mol. The van der Waals surface area contributed by atoms with Crippen LogP contribution in [0.5, 0.6) is 0 Å². The first kappa shape index (κ1) is 20.9. The van der Waals surface area contributed by atoms with E-state index in [2.05, 4.69) is 69.8 Å². The molecule has 5 heteroatoms. The van der Waals surface area contributed by atoms with E-state index in [1.54, 1.807) is 16.7 Å². The fourth-order valence-electron chi connectivity index (χ4n) is 4.20. The summed E-state index contributed by atoms with van der Waals surface area (Å²) in [6, 6.07) is 24.4. The predicted molar refractivity (Wildman–Crippen MR) is 126 cm³/mol. The van der Waals surface area contributed by atoms with Crippen LogP contribution in [0.1, 0.15) is 23.1 Å². The van der Waals surface area contributed by atoms with Crippen LogP contribution in [-0.4, -0.2) is 35.6 Å². The number of rotatable bonds is 6. The number of hydrogen-bond acceptors (Lipinski definition) is 2. The first-order valence-electron chi connectivity index (χ1n) is 10.9. The van der Waals surface area contributed by atoms with E-state index in [-0.39, 0.29) is 5.56 Å². The summed E-state index contributed by atoms with van der Waals surface area (Å²) >= 11 is 0. The summed E-state index contributed by atoms with van der Waals surface area (Å²) in [4.78, 5) is 18.8. The summed E-state index contributed by atoms with van der Waals surface area (Å²) in [5, 5.41) is 3.51. The lowest BCUT2D eigenvalue weighted by atomic mass is 9.99. The van der Waals surface area contributed by atoms with E-state index >= 15 is 0 Å². The fourth-order valence-corrected chi connectivity index (χ4v) is 4.20. The van der Waals surface area contributed by atoms with Gasteiger partial charge in [-0.3, -0.25) is 9.79 Å². The second kappa shape index (κ2) is 10.1. The molecule has 2 heterocycles. The predicted octanol–water partition coefficient (Wildman–Crippen LogP) is 3.54. The molecule has 4 rings (SSSR count). The van der Waals surface area contributed by atoms with Crippen molar-refractivity contribution >= 4 is 5.96 Å². The lowest BCUT2D eigenvalue weighted by molar-refractivity contribution is 0.460. The number of aromatic nitrogens is 1. The minimum atomic E-state index is 0.0215. The van der Waals surface area contributed by atoms with Gasteiger partial charge in [-0.25, -0.2) is 0 Å². The van der Waals surface area contributed by atoms with E-state index in [9.17, 15) is 4.79 Å². The second-order valence-corrected chi connectivity index (χ2v) is 8.17. The van der Waals surface area contributed by atoms with Crippen LogP contribution in [0.3, 0.4) is 0 Å². The molecule has 1 saturated heterocycles. The topological polar surface area (TPSA) is 49.6 Å². The van der Waals surface area contributed by atoms with E-state index in [1.807, 2.05) is 19.3 Å². The highest BCUT2D eigenvalue weighted by Gasteiger charge is 2.24. The minimum Gasteiger partial charge on any atom is -0.352 e. The zero-order valence-electron chi connectivity index (χ0n) is 18.1. The monoisotopic (exact) mass is 414 g/mol. The van der Waals surface area contributed by atoms with Gasteiger partial charge in [0.2, 0.25) is 0 Å². The normalized spacial score (nSPS) is 16.5. The van der Waals surface area contributed by atoms with Gasteiger partial charge in [0.1, 0.15) is 0 Å². The first-order valence-corrected chi connectivity index (χ1v) is 10.9. The van der Waals surface area contributed by atoms with E-state index in [1.165, 1.54) is 17.5 Å². The van der Waals surface area contributed by atoms with E-state index in [0.29, 0.717) is 12.5 Å². The van der Waals surface area contributed by atoms with E-state index in [4.69, 9.17) is 0 Å². The van der Waals surface area contributed by atoms with Crippen LogP contribution in [0, 0.1) is 5.92 Å². The van der Waals surface area contributed by atoms with Crippen LogP contribution in [0.4, 0.5) is 0 Å². The van der Waals surface area contributed by atoms with Crippen LogP contribution < -0.4 is 10.9 Å². The molecule has 1 aromatic heterocycles. The maximum Gasteiger partial charge on any atom is 0.250 e. The molecule has 0 spiro atoms. The number of pyridine rings is 1. The van der Waals surface area contributed by atoms with Gasteiger partial charge >= 0.3 is 0 Å². The van der Waals surface area contributed by atoms with Crippen molar-refractivity contribution in [3.8, 4) is 0 Å². The summed E-state index contributed by atoms with van der Waals surface area (Å²) < 4.78 is 1.72. The zero-order chi connectivity index (χ0) is 21.5. The van der Waals surface area contributed by atoms with Crippen molar-refractivity contribution in [1.29, 1.82) is 0 Å². The third-order valence-electron chi connectivity index (χ3n) is 5.89. The van der Waals surface area contributed by atoms with Crippen LogP contribution in [0.2, 0.25) is 0 Å². The highest BCUT2D eigenvalue weighted by atomic mass is 16.1. The van der Waals surface area contributed by atoms with Crippen molar-refractivity contribution in [2.45, 2.75) is 25.9 Å². The quantitative estimate of drug-likeness (QED) is 0.496. The number of nitrogens with one attached hydrogen (secondary N) is 1. The van der Waals surface area contributed by atoms with Crippen LogP contribution in [0.25, 0.3) is 0 Å². The molecule has 1 fully saturated rings. The number of nitrogens with zero attached hydrogens (tertiary/aromatic N) is 3. The van der Waals surface area contributed by atoms with Crippen LogP contribution >= 0.6 is 0 Å². The Morgan fingerprint density at radius 3 is 2.45 bits per heavy atom. The highest BCUT2D eigenvalue weighted by molar-refractivity contribution is 5.80. The van der Waals surface area contributed by atoms with Crippen LogP contribution in [-0.2, 0) is 19.5 Å². The second-order valence-electron chi connectivity index (χ2n) is 8.17. The molecule has 2 aromatic carbocycles. The van der Waals surface area contributed by atoms with Gasteiger partial charge in [-0.05, 0) is 41.5 Å². The summed E-state index contributed by atoms with van der Waals surface area (Å²) in [6.07, 6.45) is 4.15. The molecule has 0 amide bonds. The standard InChI is InChI=1S/C26H30N4O/c1-27-26(30-16-14-24(20-30)17-21-7-3-2-4-8-21)28-18-22-10-12-23(13-11-22)19-29-15-6-5-9-25(29)31/h2-13,15,24H,14,16-20H2,1H3,(H,27,28). The Labute approximate surface area is 184 Å². The van der Waals surface area contributed by atoms with Crippen molar-refractivity contribution in [2.75, 3.05) is 20.1 Å². The Hall–Kier alpha value is -3.34. The molecule has 3 aromatic rings. The smallest absolute Gasteiger partial charge is 0.250 e. The molecule has 1 aliphatic rings. The molecule has 0 radical (unpaired) electrons. The largest absolute Gasteiger partial charge is 0.352 e. The highest BCUT2D eigenvalue weighted by Crippen LogP contribution is 2.21. The number of benzene rings is 2. The van der Waals surface area contributed by atoms with Gasteiger partial charge in [0.15, 0.2) is 5.96 Å². The lowest BCUT2D eigenvalue weighted by Crippen LogP contribution is -2.39. The fraction of sp³-hybridized carbons (Fsp3) is 0.308. The number of hydrogen-bond donors (Lipinski definition) is 1. The zero-order valence-corrected chi connectivity index (χ0v) is 18.1. The Bertz CT molecular complexity index is 1060. The summed E-state index contributed by atoms with van der Waals surface area (Å²) in [5.74, 6) is 1.64. The van der Waals surface area contributed by atoms with Gasteiger partial charge in [-0.15, -0.1) is 0 Å². The molecule has 1 unspecified atom stereocenters. The van der Waals surface area contributed by atoms with Gasteiger partial charge in [0, 0.05) is 38.9 Å². The molecule has 1 aliphatic heterocycles. The Kier molecular flexibility index (Phi) is 6.82. The van der Waals surface area contributed by atoms with Crippen molar-refractivity contribution in [3.05, 3.63) is 106 Å². The van der Waals surface area contributed by atoms with Gasteiger partial charge in [-0.2, -0.15) is 0 Å². The third kappa shape index (κ3) is 5.63. The average Bonchev–Trinajstić information content (AvgIpc) is 3.26. The van der Waals surface area contributed by atoms with Crippen molar-refractivity contribution < 1.29 is 0 Å². The minimum absolute atomic E-state index is 0.0215. The van der Waals surface area contributed by atoms with Gasteiger partial charge in [0.05, 0.1) is 6.54 Å². The van der Waals surface area contributed by atoms with Crippen molar-refractivity contribution in [3.63, 3.8) is 0 Å². The Morgan fingerprint density at radius 1 is 0.968 bits per heavy atom. The molecule has 5 nitrogen and oxygen atoms in total. The van der Waals surface area contributed by atoms with Crippen molar-refractivity contribution in [1.82, 2.24) is 14.8 Å². The summed E-state index contributed by atoms with van der Waals surface area (Å²) in [5.41, 5.74) is 3.75. The van der Waals surface area contributed by atoms with Gasteiger partial charge in [0.25, 0.3) is 5.56 Å². The molecule has 1 atom stereocenters. The van der Waals surface area contributed by atoms with Crippen LogP contribution in [0.15, 0.2) is 88.8 Å². The molecule has 0 bridgehead atoms.